The molecule has 0 spiro atoms. The Morgan fingerprint density at radius 2 is 2.36 bits per heavy atom. The molecule has 1 fully saturated rings. The highest BCUT2D eigenvalue weighted by Gasteiger charge is 2.24. The highest BCUT2D eigenvalue weighted by Crippen LogP contribution is 2.31. The van der Waals surface area contributed by atoms with Gasteiger partial charge in [0.05, 0.1) is 0 Å². The van der Waals surface area contributed by atoms with Crippen molar-refractivity contribution in [2.24, 2.45) is 0 Å². The summed E-state index contributed by atoms with van der Waals surface area (Å²) in [6, 6.07) is 6.22. The van der Waals surface area contributed by atoms with Crippen LogP contribution in [0.4, 0.5) is 4.39 Å². The first-order chi connectivity index (χ1) is 6.77. The zero-order valence-corrected chi connectivity index (χ0v) is 8.31. The minimum atomic E-state index is -0.290. The molecule has 14 heavy (non-hydrogen) atoms. The van der Waals surface area contributed by atoms with Crippen LogP contribution in [0, 0.1) is 5.82 Å². The average Bonchev–Trinajstić information content (AvgIpc) is 2.18. The predicted octanol–water partition coefficient (Wildman–Crippen LogP) is 1.73. The maximum Gasteiger partial charge on any atom is 0.237 e. The van der Waals surface area contributed by atoms with Gasteiger partial charge in [0.15, 0.2) is 0 Å². The van der Waals surface area contributed by atoms with E-state index in [9.17, 15) is 9.18 Å². The van der Waals surface area contributed by atoms with E-state index in [0.29, 0.717) is 6.54 Å². The van der Waals surface area contributed by atoms with E-state index in [1.54, 1.807) is 23.9 Å². The number of amides is 1. The van der Waals surface area contributed by atoms with Crippen molar-refractivity contribution in [3.8, 4) is 0 Å². The van der Waals surface area contributed by atoms with E-state index in [2.05, 4.69) is 5.32 Å². The van der Waals surface area contributed by atoms with Crippen molar-refractivity contribution in [2.75, 3.05) is 12.3 Å². The second kappa shape index (κ2) is 4.00. The molecule has 1 heterocycles. The van der Waals surface area contributed by atoms with Gasteiger partial charge < -0.3 is 5.32 Å². The van der Waals surface area contributed by atoms with Gasteiger partial charge in [0.25, 0.3) is 0 Å². The Morgan fingerprint density at radius 1 is 1.50 bits per heavy atom. The first-order valence-corrected chi connectivity index (χ1v) is 5.47. The lowest BCUT2D eigenvalue weighted by Gasteiger charge is -2.21. The Bertz CT molecular complexity index is 356. The molecule has 1 N–H and O–H groups in total. The van der Waals surface area contributed by atoms with Crippen molar-refractivity contribution in [2.45, 2.75) is 5.25 Å². The van der Waals surface area contributed by atoms with Gasteiger partial charge in [-0.15, -0.1) is 11.8 Å². The minimum absolute atomic E-state index is 0.0214. The molecule has 1 aromatic carbocycles. The monoisotopic (exact) mass is 211 g/mol. The quantitative estimate of drug-likeness (QED) is 0.766. The molecule has 0 aromatic heterocycles. The second-order valence-corrected chi connectivity index (χ2v) is 4.31. The van der Waals surface area contributed by atoms with E-state index in [0.717, 1.165) is 11.3 Å². The van der Waals surface area contributed by atoms with Gasteiger partial charge in [0.1, 0.15) is 11.1 Å². The fourth-order valence-electron chi connectivity index (χ4n) is 1.44. The zero-order chi connectivity index (χ0) is 9.97. The van der Waals surface area contributed by atoms with Crippen molar-refractivity contribution < 1.29 is 9.18 Å². The van der Waals surface area contributed by atoms with E-state index < -0.39 is 0 Å². The maximum atomic E-state index is 12.9. The Kier molecular flexibility index (Phi) is 2.72. The van der Waals surface area contributed by atoms with Gasteiger partial charge in [0, 0.05) is 12.3 Å². The molecule has 0 radical (unpaired) electrons. The van der Waals surface area contributed by atoms with Crippen molar-refractivity contribution in [3.63, 3.8) is 0 Å². The van der Waals surface area contributed by atoms with E-state index >= 15 is 0 Å². The lowest BCUT2D eigenvalue weighted by molar-refractivity contribution is -0.120. The van der Waals surface area contributed by atoms with E-state index in [1.807, 2.05) is 0 Å². The van der Waals surface area contributed by atoms with Crippen LogP contribution in [-0.4, -0.2) is 18.2 Å². The van der Waals surface area contributed by atoms with Crippen LogP contribution in [-0.2, 0) is 4.79 Å². The molecular weight excluding hydrogens is 201 g/mol. The lowest BCUT2D eigenvalue weighted by atomic mass is 10.1. The molecule has 1 aromatic rings. The highest BCUT2D eigenvalue weighted by atomic mass is 32.2. The summed E-state index contributed by atoms with van der Waals surface area (Å²) in [5, 5.41) is 2.52. The molecule has 2 nitrogen and oxygen atoms in total. The van der Waals surface area contributed by atoms with Crippen LogP contribution >= 0.6 is 11.8 Å². The molecular formula is C10H10FNOS. The van der Waals surface area contributed by atoms with Crippen molar-refractivity contribution in [1.29, 1.82) is 0 Å². The summed E-state index contributed by atoms with van der Waals surface area (Å²) in [5.74, 6) is 0.570. The molecule has 74 valence electrons. The van der Waals surface area contributed by atoms with E-state index in [1.165, 1.54) is 12.1 Å². The van der Waals surface area contributed by atoms with Crippen LogP contribution in [0.15, 0.2) is 24.3 Å². The van der Waals surface area contributed by atoms with Crippen molar-refractivity contribution >= 4 is 17.7 Å². The summed E-state index contributed by atoms with van der Waals surface area (Å²) in [4.78, 5) is 11.5. The first-order valence-electron chi connectivity index (χ1n) is 4.42. The predicted molar refractivity (Wildman–Crippen MR) is 54.6 cm³/mol. The summed E-state index contributed by atoms with van der Waals surface area (Å²) >= 11 is 1.55. The summed E-state index contributed by atoms with van der Waals surface area (Å²) in [5.41, 5.74) is 0.743. The number of thioether (sulfide) groups is 1. The molecule has 0 aliphatic carbocycles. The number of rotatable bonds is 1. The Morgan fingerprint density at radius 3 is 3.07 bits per heavy atom. The van der Waals surface area contributed by atoms with Crippen LogP contribution in [0.3, 0.4) is 0 Å². The fraction of sp³-hybridized carbons (Fsp3) is 0.300. The summed E-state index contributed by atoms with van der Waals surface area (Å²) in [6.45, 7) is 0.704. The van der Waals surface area contributed by atoms with Crippen molar-refractivity contribution in [1.82, 2.24) is 5.32 Å². The molecule has 1 atom stereocenters. The maximum absolute atomic E-state index is 12.9. The van der Waals surface area contributed by atoms with E-state index in [-0.39, 0.29) is 17.0 Å². The molecule has 1 aliphatic rings. The van der Waals surface area contributed by atoms with E-state index in [4.69, 9.17) is 0 Å². The number of hydrogen-bond donors (Lipinski definition) is 1. The van der Waals surface area contributed by atoms with Crippen LogP contribution in [0.25, 0.3) is 0 Å². The second-order valence-electron chi connectivity index (χ2n) is 3.10. The van der Waals surface area contributed by atoms with Crippen LogP contribution in [0.1, 0.15) is 10.8 Å². The number of benzene rings is 1. The summed E-state index contributed by atoms with van der Waals surface area (Å²) < 4.78 is 12.9. The smallest absolute Gasteiger partial charge is 0.237 e. The molecule has 1 saturated heterocycles. The molecule has 0 saturated carbocycles. The number of nitrogens with one attached hydrogen (secondary N) is 1. The SMILES string of the molecule is O=C1NCCSC1c1cccc(F)c1. The lowest BCUT2D eigenvalue weighted by Crippen LogP contribution is -2.34. The van der Waals surface area contributed by atoms with Crippen LogP contribution in [0.5, 0.6) is 0 Å². The van der Waals surface area contributed by atoms with Gasteiger partial charge in [-0.1, -0.05) is 12.1 Å². The van der Waals surface area contributed by atoms with Crippen LogP contribution in [0.2, 0.25) is 0 Å². The zero-order valence-electron chi connectivity index (χ0n) is 7.50. The Hall–Kier alpha value is -1.03. The normalized spacial score (nSPS) is 21.8. The van der Waals surface area contributed by atoms with Gasteiger partial charge >= 0.3 is 0 Å². The third-order valence-corrected chi connectivity index (χ3v) is 3.33. The molecule has 4 heteroatoms. The third kappa shape index (κ3) is 1.90. The molecule has 2 rings (SSSR count). The summed E-state index contributed by atoms with van der Waals surface area (Å²) in [6.07, 6.45) is 0. The summed E-state index contributed by atoms with van der Waals surface area (Å²) in [7, 11) is 0. The number of halogens is 1. The topological polar surface area (TPSA) is 29.1 Å². The van der Waals surface area contributed by atoms with Gasteiger partial charge in [-0.2, -0.15) is 0 Å². The highest BCUT2D eigenvalue weighted by molar-refractivity contribution is 8.00. The molecule has 1 amide bonds. The van der Waals surface area contributed by atoms with Gasteiger partial charge in [-0.25, -0.2) is 4.39 Å². The first kappa shape index (κ1) is 9.52. The average molecular weight is 211 g/mol. The number of carbonyl (C=O) groups is 1. The minimum Gasteiger partial charge on any atom is -0.354 e. The van der Waals surface area contributed by atoms with Crippen molar-refractivity contribution in [3.05, 3.63) is 35.6 Å². The van der Waals surface area contributed by atoms with Crippen LogP contribution < -0.4 is 5.32 Å². The van der Waals surface area contributed by atoms with Gasteiger partial charge in [-0.3, -0.25) is 4.79 Å². The Labute approximate surface area is 85.9 Å². The molecule has 1 unspecified atom stereocenters. The standard InChI is InChI=1S/C10H10FNOS/c11-8-3-1-2-7(6-8)9-10(13)12-4-5-14-9/h1-3,6,9H,4-5H2,(H,12,13). The number of hydrogen-bond acceptors (Lipinski definition) is 2. The molecule has 1 aliphatic heterocycles. The largest absolute Gasteiger partial charge is 0.354 e. The number of carbonyl (C=O) groups excluding carboxylic acids is 1. The molecule has 0 bridgehead atoms. The van der Waals surface area contributed by atoms with Gasteiger partial charge in [0.2, 0.25) is 5.91 Å². The third-order valence-electron chi connectivity index (χ3n) is 2.08. The Balaban J connectivity index is 2.24. The van der Waals surface area contributed by atoms with Gasteiger partial charge in [-0.05, 0) is 17.7 Å². The fourth-order valence-corrected chi connectivity index (χ4v) is 2.47.